The van der Waals surface area contributed by atoms with E-state index in [9.17, 15) is 13.2 Å². The number of nitrogens with zero attached hydrogens (tertiary/aromatic N) is 1. The van der Waals surface area contributed by atoms with Gasteiger partial charge in [0, 0.05) is 5.57 Å². The molecule has 7 nitrogen and oxygen atoms in total. The molecule has 2 N–H and O–H groups in total. The molecule has 0 amide bonds. The minimum atomic E-state index is -3.87. The highest BCUT2D eigenvalue weighted by atomic mass is 32.2. The number of rotatable bonds is 9. The summed E-state index contributed by atoms with van der Waals surface area (Å²) in [6.07, 6.45) is 1.10. The van der Waals surface area contributed by atoms with Gasteiger partial charge in [-0.1, -0.05) is 6.58 Å². The molecule has 0 aliphatic rings. The third-order valence-electron chi connectivity index (χ3n) is 2.69. The van der Waals surface area contributed by atoms with Crippen LogP contribution in [0.25, 0.3) is 0 Å². The van der Waals surface area contributed by atoms with Crippen molar-refractivity contribution in [2.75, 3.05) is 39.5 Å². The summed E-state index contributed by atoms with van der Waals surface area (Å²) in [7, 11) is 0.0829. The van der Waals surface area contributed by atoms with E-state index in [0.717, 1.165) is 6.54 Å². The molecule has 20 heavy (non-hydrogen) atoms. The summed E-state index contributed by atoms with van der Waals surface area (Å²) in [5.41, 5.74) is 0.374. The highest BCUT2D eigenvalue weighted by Crippen LogP contribution is 2.04. The fourth-order valence-electron chi connectivity index (χ4n) is 1.44. The molecule has 0 aliphatic heterocycles. The molecule has 0 rings (SSSR count). The van der Waals surface area contributed by atoms with E-state index in [0.29, 0.717) is 36.0 Å². The smallest absolute Gasteiger partial charge is 0.333 e. The molecule has 0 aromatic carbocycles. The molecule has 8 heteroatoms. The molecule has 0 unspecified atom stereocenters. The summed E-state index contributed by atoms with van der Waals surface area (Å²) in [5, 5.41) is 0. The van der Waals surface area contributed by atoms with Crippen molar-refractivity contribution >= 4 is 16.1 Å². The largest absolute Gasteiger partial charge is 0.870 e. The first-order chi connectivity index (χ1) is 8.53. The Labute approximate surface area is 120 Å². The van der Waals surface area contributed by atoms with Crippen LogP contribution in [0.2, 0.25) is 0 Å². The zero-order valence-electron chi connectivity index (χ0n) is 12.3. The second kappa shape index (κ2) is 9.06. The fourth-order valence-corrected chi connectivity index (χ4v) is 2.01. The third-order valence-corrected chi connectivity index (χ3v) is 3.50. The van der Waals surface area contributed by atoms with Gasteiger partial charge in [-0.05, 0) is 19.8 Å². The number of ether oxygens (including phenoxy) is 1. The number of unbranched alkanes of at least 4 members (excludes halogenated alkanes) is 1. The second-order valence-corrected chi connectivity index (χ2v) is 6.86. The summed E-state index contributed by atoms with van der Waals surface area (Å²) >= 11 is 0. The topological polar surface area (TPSA) is 111 Å². The van der Waals surface area contributed by atoms with Gasteiger partial charge in [0.25, 0.3) is 10.1 Å². The summed E-state index contributed by atoms with van der Waals surface area (Å²) in [5.74, 6) is -0.608. The van der Waals surface area contributed by atoms with Crippen LogP contribution in [-0.2, 0) is 19.6 Å². The first-order valence-electron chi connectivity index (χ1n) is 6.13. The highest BCUT2D eigenvalue weighted by molar-refractivity contribution is 7.85. The summed E-state index contributed by atoms with van der Waals surface area (Å²) < 4.78 is 35.3. The Morgan fingerprint density at radius 1 is 1.25 bits per heavy atom. The minimum absolute atomic E-state index is 0. The second-order valence-electron chi connectivity index (χ2n) is 5.29. The monoisotopic (exact) mass is 311 g/mol. The van der Waals surface area contributed by atoms with E-state index in [4.69, 9.17) is 9.29 Å². The first kappa shape index (κ1) is 21.3. The summed E-state index contributed by atoms with van der Waals surface area (Å²) in [6.45, 7) is 6.78. The van der Waals surface area contributed by atoms with E-state index in [1.807, 2.05) is 14.1 Å². The van der Waals surface area contributed by atoms with Crippen LogP contribution in [0, 0.1) is 0 Å². The van der Waals surface area contributed by atoms with Crippen LogP contribution in [0.1, 0.15) is 19.8 Å². The van der Waals surface area contributed by atoms with Crippen molar-refractivity contribution in [1.82, 2.24) is 0 Å². The van der Waals surface area contributed by atoms with Crippen LogP contribution < -0.4 is 0 Å². The van der Waals surface area contributed by atoms with Crippen molar-refractivity contribution in [3.8, 4) is 0 Å². The van der Waals surface area contributed by atoms with Crippen molar-refractivity contribution in [3.63, 3.8) is 0 Å². The molecule has 0 heterocycles. The van der Waals surface area contributed by atoms with Crippen molar-refractivity contribution < 1.29 is 32.5 Å². The van der Waals surface area contributed by atoms with Crippen molar-refractivity contribution in [2.45, 2.75) is 19.8 Å². The van der Waals surface area contributed by atoms with Crippen molar-refractivity contribution in [1.29, 1.82) is 0 Å². The Bertz CT molecular complexity index is 416. The summed E-state index contributed by atoms with van der Waals surface area (Å²) in [4.78, 5) is 11.2. The lowest BCUT2D eigenvalue weighted by molar-refractivity contribution is -0.890. The van der Waals surface area contributed by atoms with Crippen LogP contribution in [0.5, 0.6) is 0 Å². The molecule has 0 aromatic rings. The van der Waals surface area contributed by atoms with Crippen LogP contribution in [-0.4, -0.2) is 68.4 Å². The highest BCUT2D eigenvalue weighted by Gasteiger charge is 2.16. The lowest BCUT2D eigenvalue weighted by atomic mass is 10.3. The van der Waals surface area contributed by atoms with Gasteiger partial charge in [0.05, 0.1) is 26.4 Å². The van der Waals surface area contributed by atoms with Gasteiger partial charge in [0.15, 0.2) is 0 Å². The van der Waals surface area contributed by atoms with E-state index in [1.165, 1.54) is 0 Å². The Morgan fingerprint density at radius 3 is 2.25 bits per heavy atom. The van der Waals surface area contributed by atoms with Crippen LogP contribution in [0.15, 0.2) is 12.2 Å². The molecule has 120 valence electrons. The molecular weight excluding hydrogens is 286 g/mol. The predicted octanol–water partition coefficient (Wildman–Crippen LogP) is 0.673. The SMILES string of the molecule is C=C(C)C(=O)OCC[N+](C)(C)CCCCS(=O)(=O)O.[OH-]. The van der Waals surface area contributed by atoms with Gasteiger partial charge in [0.1, 0.15) is 13.2 Å². The number of hydrogen-bond donors (Lipinski definition) is 1. The standard InChI is InChI=1S/C12H23NO5S.H2O/c1-11(2)12(14)18-9-8-13(3,4)7-5-6-10-19(15,16)17;/h1,5-10H2,2-4H3;1H2. The zero-order valence-corrected chi connectivity index (χ0v) is 13.1. The van der Waals surface area contributed by atoms with E-state index in [1.54, 1.807) is 6.92 Å². The van der Waals surface area contributed by atoms with E-state index in [-0.39, 0.29) is 11.2 Å². The van der Waals surface area contributed by atoms with E-state index < -0.39 is 16.1 Å². The molecule has 0 fully saturated rings. The molecule has 0 saturated heterocycles. The number of esters is 1. The fraction of sp³-hybridized carbons (Fsp3) is 0.750. The Kier molecular flexibility index (Phi) is 9.67. The average Bonchev–Trinajstić information content (AvgIpc) is 2.22. The Hall–Kier alpha value is -0.960. The van der Waals surface area contributed by atoms with Gasteiger partial charge in [0.2, 0.25) is 0 Å². The zero-order chi connectivity index (χ0) is 15.1. The number of quaternary nitrogens is 1. The van der Waals surface area contributed by atoms with Crippen LogP contribution in [0.4, 0.5) is 0 Å². The number of carbonyl (C=O) groups excluding carboxylic acids is 1. The number of likely N-dealkylation sites (N-methyl/N-ethyl adjacent to an activating group) is 1. The van der Waals surface area contributed by atoms with Crippen LogP contribution in [0.3, 0.4) is 0 Å². The average molecular weight is 311 g/mol. The molecule has 0 radical (unpaired) electrons. The predicted molar refractivity (Wildman–Crippen MR) is 75.2 cm³/mol. The first-order valence-corrected chi connectivity index (χ1v) is 7.74. The van der Waals surface area contributed by atoms with E-state index in [2.05, 4.69) is 6.58 Å². The Balaban J connectivity index is 0. The molecule has 0 spiro atoms. The molecule has 0 saturated carbocycles. The van der Waals surface area contributed by atoms with Gasteiger partial charge in [-0.15, -0.1) is 0 Å². The number of carbonyl (C=O) groups is 1. The molecular formula is C12H25NO6S. The number of hydrogen-bond acceptors (Lipinski definition) is 5. The van der Waals surface area contributed by atoms with Gasteiger partial charge in [-0.3, -0.25) is 4.55 Å². The van der Waals surface area contributed by atoms with Crippen LogP contribution >= 0.6 is 0 Å². The van der Waals surface area contributed by atoms with Gasteiger partial charge in [-0.25, -0.2) is 4.79 Å². The lowest BCUT2D eigenvalue weighted by Crippen LogP contribution is -2.43. The Morgan fingerprint density at radius 2 is 1.80 bits per heavy atom. The van der Waals surface area contributed by atoms with Gasteiger partial charge in [-0.2, -0.15) is 8.42 Å². The molecule has 0 aliphatic carbocycles. The maximum Gasteiger partial charge on any atom is 0.333 e. The lowest BCUT2D eigenvalue weighted by Gasteiger charge is -2.29. The van der Waals surface area contributed by atoms with Crippen molar-refractivity contribution in [2.24, 2.45) is 0 Å². The quantitative estimate of drug-likeness (QED) is 0.220. The van der Waals surface area contributed by atoms with Gasteiger partial charge >= 0.3 is 5.97 Å². The summed E-state index contributed by atoms with van der Waals surface area (Å²) in [6, 6.07) is 0. The van der Waals surface area contributed by atoms with Crippen molar-refractivity contribution in [3.05, 3.63) is 12.2 Å². The minimum Gasteiger partial charge on any atom is -0.870 e. The molecule has 0 aromatic heterocycles. The molecule has 0 atom stereocenters. The maximum absolute atomic E-state index is 11.2. The van der Waals surface area contributed by atoms with E-state index >= 15 is 0 Å². The maximum atomic E-state index is 11.2. The molecule has 0 bridgehead atoms. The normalized spacial score (nSPS) is 11.6. The third kappa shape index (κ3) is 12.1. The van der Waals surface area contributed by atoms with Gasteiger partial charge < -0.3 is 14.7 Å².